The van der Waals surface area contributed by atoms with Crippen molar-refractivity contribution in [3.8, 4) is 11.3 Å². The van der Waals surface area contributed by atoms with Crippen molar-refractivity contribution >= 4 is 23.2 Å². The molecule has 0 radical (unpaired) electrons. The first kappa shape index (κ1) is 24.6. The summed E-state index contributed by atoms with van der Waals surface area (Å²) in [7, 11) is 0. The van der Waals surface area contributed by atoms with Crippen molar-refractivity contribution in [3.05, 3.63) is 95.9 Å². The highest BCUT2D eigenvalue weighted by atomic mass is 16.1. The number of benzene rings is 2. The number of rotatable bonds is 7. The number of anilines is 3. The molecule has 0 unspecified atom stereocenters. The van der Waals surface area contributed by atoms with Gasteiger partial charge in [-0.15, -0.1) is 0 Å². The summed E-state index contributed by atoms with van der Waals surface area (Å²) >= 11 is 0. The maximum absolute atomic E-state index is 13.0. The molecule has 0 atom stereocenters. The molecule has 1 amide bonds. The molecule has 1 saturated heterocycles. The molecule has 3 heterocycles. The Kier molecular flexibility index (Phi) is 7.51. The van der Waals surface area contributed by atoms with E-state index in [1.54, 1.807) is 18.6 Å². The third-order valence-corrected chi connectivity index (χ3v) is 7.03. The summed E-state index contributed by atoms with van der Waals surface area (Å²) in [5, 5.41) is 6.32. The number of aromatic nitrogens is 3. The molecule has 0 aliphatic carbocycles. The van der Waals surface area contributed by atoms with E-state index < -0.39 is 0 Å². The molecule has 2 aromatic carbocycles. The Labute approximate surface area is 218 Å². The molecule has 4 aromatic rings. The average Bonchev–Trinajstić information content (AvgIpc) is 2.95. The summed E-state index contributed by atoms with van der Waals surface area (Å²) in [6.07, 6.45) is 7.57. The van der Waals surface area contributed by atoms with Gasteiger partial charge >= 0.3 is 0 Å². The van der Waals surface area contributed by atoms with Crippen molar-refractivity contribution in [3.63, 3.8) is 0 Å². The zero-order valence-corrected chi connectivity index (χ0v) is 21.3. The van der Waals surface area contributed by atoms with E-state index in [1.165, 1.54) is 18.4 Å². The topological polar surface area (TPSA) is 83.0 Å². The first-order valence-electron chi connectivity index (χ1n) is 12.8. The van der Waals surface area contributed by atoms with Gasteiger partial charge in [0.05, 0.1) is 5.69 Å². The molecular weight excluding hydrogens is 460 g/mol. The lowest BCUT2D eigenvalue weighted by atomic mass is 9.89. The minimum Gasteiger partial charge on any atom is -0.324 e. The van der Waals surface area contributed by atoms with Crippen LogP contribution in [-0.4, -0.2) is 45.4 Å². The Balaban J connectivity index is 1.25. The molecule has 2 N–H and O–H groups in total. The number of likely N-dealkylation sites (tertiary alicyclic amines) is 1. The second-order valence-corrected chi connectivity index (χ2v) is 9.45. The summed E-state index contributed by atoms with van der Waals surface area (Å²) in [6.45, 7) is 7.63. The number of hydrogen-bond donors (Lipinski definition) is 2. The van der Waals surface area contributed by atoms with Crippen LogP contribution in [0.5, 0.6) is 0 Å². The highest BCUT2D eigenvalue weighted by Crippen LogP contribution is 2.29. The van der Waals surface area contributed by atoms with Crippen LogP contribution in [0.3, 0.4) is 0 Å². The van der Waals surface area contributed by atoms with Gasteiger partial charge in [-0.1, -0.05) is 25.1 Å². The fourth-order valence-corrected chi connectivity index (χ4v) is 4.74. The van der Waals surface area contributed by atoms with Gasteiger partial charge in [0.25, 0.3) is 5.91 Å². The fourth-order valence-electron chi connectivity index (χ4n) is 4.74. The van der Waals surface area contributed by atoms with Gasteiger partial charge in [0.1, 0.15) is 0 Å². The highest BCUT2D eigenvalue weighted by molar-refractivity contribution is 6.04. The van der Waals surface area contributed by atoms with E-state index in [0.717, 1.165) is 42.1 Å². The van der Waals surface area contributed by atoms with E-state index in [4.69, 9.17) is 0 Å². The zero-order chi connectivity index (χ0) is 25.6. The Morgan fingerprint density at radius 1 is 1.03 bits per heavy atom. The molecule has 37 heavy (non-hydrogen) atoms. The van der Waals surface area contributed by atoms with E-state index in [1.807, 2.05) is 55.5 Å². The third-order valence-electron chi connectivity index (χ3n) is 7.03. The highest BCUT2D eigenvalue weighted by Gasteiger charge is 2.20. The van der Waals surface area contributed by atoms with E-state index in [2.05, 4.69) is 49.5 Å². The summed E-state index contributed by atoms with van der Waals surface area (Å²) in [4.78, 5) is 28.6. The number of hydrogen-bond acceptors (Lipinski definition) is 6. The number of nitrogens with one attached hydrogen (secondary N) is 2. The van der Waals surface area contributed by atoms with Crippen molar-refractivity contribution in [1.82, 2.24) is 19.9 Å². The maximum atomic E-state index is 13.0. The molecular formula is C30H32N6O. The summed E-state index contributed by atoms with van der Waals surface area (Å²) in [5.74, 6) is 0.926. The molecule has 7 heteroatoms. The van der Waals surface area contributed by atoms with Gasteiger partial charge in [0.15, 0.2) is 0 Å². The van der Waals surface area contributed by atoms with Crippen molar-refractivity contribution in [2.24, 2.45) is 0 Å². The second-order valence-electron chi connectivity index (χ2n) is 9.45. The molecule has 188 valence electrons. The van der Waals surface area contributed by atoms with Crippen molar-refractivity contribution in [1.29, 1.82) is 0 Å². The SMILES string of the molecule is CCN1CCC(c2ccc(C(=O)Nc3ccc(C)c(Nc4nccc(-c5cccnc5)n4)c3)cc2)CC1. The first-order valence-corrected chi connectivity index (χ1v) is 12.8. The predicted octanol–water partition coefficient (Wildman–Crippen LogP) is 6.04. The molecule has 2 aromatic heterocycles. The van der Waals surface area contributed by atoms with Crippen LogP contribution in [0.25, 0.3) is 11.3 Å². The van der Waals surface area contributed by atoms with Crippen LogP contribution >= 0.6 is 0 Å². The van der Waals surface area contributed by atoms with Gasteiger partial charge in [-0.3, -0.25) is 9.78 Å². The van der Waals surface area contributed by atoms with Crippen molar-refractivity contribution in [2.45, 2.75) is 32.6 Å². The minimum absolute atomic E-state index is 0.128. The van der Waals surface area contributed by atoms with Gasteiger partial charge in [0.2, 0.25) is 5.95 Å². The zero-order valence-electron chi connectivity index (χ0n) is 21.3. The van der Waals surface area contributed by atoms with Crippen LogP contribution in [0.1, 0.15) is 47.2 Å². The maximum Gasteiger partial charge on any atom is 0.255 e. The van der Waals surface area contributed by atoms with E-state index in [-0.39, 0.29) is 5.91 Å². The van der Waals surface area contributed by atoms with E-state index in [0.29, 0.717) is 23.1 Å². The van der Waals surface area contributed by atoms with Crippen LogP contribution in [0.15, 0.2) is 79.3 Å². The monoisotopic (exact) mass is 492 g/mol. The summed E-state index contributed by atoms with van der Waals surface area (Å²) < 4.78 is 0. The molecule has 7 nitrogen and oxygen atoms in total. The average molecular weight is 493 g/mol. The van der Waals surface area contributed by atoms with Gasteiger partial charge in [-0.2, -0.15) is 0 Å². The van der Waals surface area contributed by atoms with E-state index in [9.17, 15) is 4.79 Å². The largest absolute Gasteiger partial charge is 0.324 e. The van der Waals surface area contributed by atoms with Crippen LogP contribution in [0.2, 0.25) is 0 Å². The lowest BCUT2D eigenvalue weighted by molar-refractivity contribution is 0.102. The number of pyridine rings is 1. The number of aryl methyl sites for hydroxylation is 1. The summed E-state index contributed by atoms with van der Waals surface area (Å²) in [6, 6.07) is 19.5. The van der Waals surface area contributed by atoms with Gasteiger partial charge < -0.3 is 15.5 Å². The van der Waals surface area contributed by atoms with Crippen molar-refractivity contribution in [2.75, 3.05) is 30.3 Å². The summed E-state index contributed by atoms with van der Waals surface area (Å²) in [5.41, 5.74) is 6.23. The first-order chi connectivity index (χ1) is 18.1. The number of piperidine rings is 1. The van der Waals surface area contributed by atoms with Crippen molar-refractivity contribution < 1.29 is 4.79 Å². The smallest absolute Gasteiger partial charge is 0.255 e. The van der Waals surface area contributed by atoms with Crippen LogP contribution < -0.4 is 10.6 Å². The molecule has 1 fully saturated rings. The number of carbonyl (C=O) groups is 1. The van der Waals surface area contributed by atoms with Gasteiger partial charge in [-0.25, -0.2) is 9.97 Å². The number of amides is 1. The Morgan fingerprint density at radius 2 is 1.84 bits per heavy atom. The van der Waals surface area contributed by atoms with Gasteiger partial charge in [0, 0.05) is 41.1 Å². The quantitative estimate of drug-likeness (QED) is 0.327. The third kappa shape index (κ3) is 6.01. The Bertz CT molecular complexity index is 1350. The number of carbonyl (C=O) groups excluding carboxylic acids is 1. The molecule has 0 saturated carbocycles. The van der Waals surface area contributed by atoms with Gasteiger partial charge in [-0.05, 0) is 98.9 Å². The molecule has 0 bridgehead atoms. The molecule has 5 rings (SSSR count). The minimum atomic E-state index is -0.128. The Morgan fingerprint density at radius 3 is 2.57 bits per heavy atom. The normalized spacial score (nSPS) is 14.3. The van der Waals surface area contributed by atoms with Crippen LogP contribution in [-0.2, 0) is 0 Å². The lowest BCUT2D eigenvalue weighted by Gasteiger charge is -2.31. The predicted molar refractivity (Wildman–Crippen MR) is 148 cm³/mol. The molecule has 0 spiro atoms. The fraction of sp³-hybridized carbons (Fsp3) is 0.267. The standard InChI is InChI=1S/C30H32N6O/c1-3-36-17-13-23(14-18-36)22-7-9-24(10-8-22)29(37)33-26-11-6-21(2)28(19-26)35-30-32-16-12-27(34-30)25-5-4-15-31-20-25/h4-12,15-16,19-20,23H,3,13-14,17-18H2,1-2H3,(H,33,37)(H,32,34,35). The van der Waals surface area contributed by atoms with E-state index >= 15 is 0 Å². The number of nitrogens with zero attached hydrogens (tertiary/aromatic N) is 4. The Hall–Kier alpha value is -4.10. The lowest BCUT2D eigenvalue weighted by Crippen LogP contribution is -2.32. The second kappa shape index (κ2) is 11.3. The molecule has 1 aliphatic rings. The molecule has 1 aliphatic heterocycles. The van der Waals surface area contributed by atoms with Crippen LogP contribution in [0.4, 0.5) is 17.3 Å². The van der Waals surface area contributed by atoms with Crippen LogP contribution in [0, 0.1) is 6.92 Å².